The van der Waals surface area contributed by atoms with Crippen LogP contribution < -0.4 is 0 Å². The van der Waals surface area contributed by atoms with Gasteiger partial charge in [0.05, 0.1) is 19.2 Å². The lowest BCUT2D eigenvalue weighted by molar-refractivity contribution is -0.185. The van der Waals surface area contributed by atoms with Crippen molar-refractivity contribution in [2.75, 3.05) is 13.7 Å². The van der Waals surface area contributed by atoms with Crippen LogP contribution in [0, 0.1) is 0 Å². The summed E-state index contributed by atoms with van der Waals surface area (Å²) in [5.41, 5.74) is -8.54. The Bertz CT molecular complexity index is 1380. The van der Waals surface area contributed by atoms with Crippen LogP contribution in [-0.4, -0.2) is 36.5 Å². The number of fused-ring (bicyclic) bond motifs is 1. The highest BCUT2D eigenvalue weighted by atomic mass is 19.4. The molecule has 1 atom stereocenters. The van der Waals surface area contributed by atoms with E-state index >= 15 is 0 Å². The zero-order valence-electron chi connectivity index (χ0n) is 18.6. The lowest BCUT2D eigenvalue weighted by Crippen LogP contribution is -2.44. The van der Waals surface area contributed by atoms with Crippen LogP contribution >= 0.6 is 0 Å². The largest absolute Gasteiger partial charge is 0.465 e. The predicted molar refractivity (Wildman–Crippen MR) is 113 cm³/mol. The number of carbonyl (C=O) groups is 1. The summed E-state index contributed by atoms with van der Waals surface area (Å²) in [7, 11) is 1.14. The quantitative estimate of drug-likeness (QED) is 0.276. The highest BCUT2D eigenvalue weighted by molar-refractivity contribution is 6.16. The van der Waals surface area contributed by atoms with E-state index in [4.69, 9.17) is 4.74 Å². The van der Waals surface area contributed by atoms with Crippen molar-refractivity contribution in [1.82, 2.24) is 4.98 Å². The molecule has 1 aliphatic rings. The minimum Gasteiger partial charge on any atom is -0.465 e. The minimum atomic E-state index is -5.43. The minimum absolute atomic E-state index is 0.0142. The zero-order valence-corrected chi connectivity index (χ0v) is 18.6. The molecule has 0 amide bonds. The molecule has 4 rings (SSSR count). The number of benzene rings is 2. The smallest absolute Gasteiger partial charge is 0.433 e. The van der Waals surface area contributed by atoms with E-state index in [0.29, 0.717) is 10.8 Å². The van der Waals surface area contributed by atoms with Gasteiger partial charge in [0, 0.05) is 17.7 Å². The Morgan fingerprint density at radius 3 is 1.95 bits per heavy atom. The van der Waals surface area contributed by atoms with E-state index in [2.05, 4.69) is 9.98 Å². The summed E-state index contributed by atoms with van der Waals surface area (Å²) in [5, 5.41) is 0.630. The molecule has 0 aliphatic carbocycles. The van der Waals surface area contributed by atoms with E-state index in [1.807, 2.05) is 0 Å². The van der Waals surface area contributed by atoms with Crippen LogP contribution in [0.4, 0.5) is 39.5 Å². The first-order valence-corrected chi connectivity index (χ1v) is 10.5. The summed E-state index contributed by atoms with van der Waals surface area (Å²) in [6.07, 6.45) is -17.2. The summed E-state index contributed by atoms with van der Waals surface area (Å²) >= 11 is 0. The van der Waals surface area contributed by atoms with Gasteiger partial charge in [0.2, 0.25) is 0 Å². The molecule has 0 bridgehead atoms. The Morgan fingerprint density at radius 1 is 0.865 bits per heavy atom. The molecule has 2 aromatic carbocycles. The third-order valence-electron chi connectivity index (χ3n) is 6.15. The third kappa shape index (κ3) is 4.62. The second-order valence-corrected chi connectivity index (χ2v) is 8.34. The van der Waals surface area contributed by atoms with Gasteiger partial charge in [-0.05, 0) is 34.5 Å². The van der Waals surface area contributed by atoms with Crippen LogP contribution in [-0.2, 0) is 22.5 Å². The molecule has 4 nitrogen and oxygen atoms in total. The fourth-order valence-corrected chi connectivity index (χ4v) is 4.29. The molecule has 196 valence electrons. The second-order valence-electron chi connectivity index (χ2n) is 8.34. The fourth-order valence-electron chi connectivity index (χ4n) is 4.29. The molecule has 1 aromatic heterocycles. The van der Waals surface area contributed by atoms with Gasteiger partial charge in [-0.2, -0.15) is 39.5 Å². The topological polar surface area (TPSA) is 51.5 Å². The van der Waals surface area contributed by atoms with Crippen molar-refractivity contribution in [3.63, 3.8) is 0 Å². The Kier molecular flexibility index (Phi) is 6.24. The number of aliphatic imine (C=N–C) groups is 1. The van der Waals surface area contributed by atoms with Crippen molar-refractivity contribution in [3.8, 4) is 0 Å². The number of carbonyl (C=O) groups excluding carboxylic acids is 1. The summed E-state index contributed by atoms with van der Waals surface area (Å²) in [6.45, 7) is -1.14. The van der Waals surface area contributed by atoms with Crippen molar-refractivity contribution in [1.29, 1.82) is 0 Å². The second kappa shape index (κ2) is 8.73. The molecule has 0 fully saturated rings. The van der Waals surface area contributed by atoms with E-state index in [0.717, 1.165) is 7.11 Å². The van der Waals surface area contributed by atoms with E-state index in [-0.39, 0.29) is 29.0 Å². The molecule has 0 saturated heterocycles. The van der Waals surface area contributed by atoms with Crippen molar-refractivity contribution in [3.05, 3.63) is 76.6 Å². The normalized spacial score (nSPS) is 18.7. The maximum atomic E-state index is 14.5. The summed E-state index contributed by atoms with van der Waals surface area (Å²) in [5.74, 6) is -0.711. The molecule has 1 aliphatic heterocycles. The number of hydrogen-bond donors (Lipinski definition) is 0. The number of ether oxygens (including phenoxy) is 1. The SMILES string of the molecule is COC(=O)c1ccc(C2=NCC(c3cc(C(F)(F)F)nc(C(F)(F)F)c3)(C(F)(F)F)C2)c2ccccc12. The molecule has 0 saturated carbocycles. The number of halogens is 9. The number of esters is 1. The average molecular weight is 534 g/mol. The number of rotatable bonds is 3. The van der Waals surface area contributed by atoms with Crippen LogP contribution in [0.5, 0.6) is 0 Å². The van der Waals surface area contributed by atoms with E-state index in [9.17, 15) is 44.3 Å². The molecule has 0 radical (unpaired) electrons. The number of alkyl halides is 9. The van der Waals surface area contributed by atoms with Crippen molar-refractivity contribution < 1.29 is 49.0 Å². The number of pyridine rings is 1. The zero-order chi connectivity index (χ0) is 27.4. The molecule has 3 aromatic rings. The van der Waals surface area contributed by atoms with E-state index in [1.54, 1.807) is 12.1 Å². The monoisotopic (exact) mass is 534 g/mol. The highest BCUT2D eigenvalue weighted by Crippen LogP contribution is 2.50. The number of nitrogens with zero attached hydrogens (tertiary/aromatic N) is 2. The number of methoxy groups -OCH3 is 1. The Balaban J connectivity index is 1.88. The van der Waals surface area contributed by atoms with E-state index < -0.39 is 59.8 Å². The lowest BCUT2D eigenvalue weighted by Gasteiger charge is -2.32. The molecule has 37 heavy (non-hydrogen) atoms. The maximum absolute atomic E-state index is 14.5. The van der Waals surface area contributed by atoms with Crippen molar-refractivity contribution in [2.45, 2.75) is 30.4 Å². The van der Waals surface area contributed by atoms with Crippen molar-refractivity contribution >= 4 is 22.5 Å². The highest BCUT2D eigenvalue weighted by Gasteiger charge is 2.59. The third-order valence-corrected chi connectivity index (χ3v) is 6.15. The van der Waals surface area contributed by atoms with Gasteiger partial charge in [-0.25, -0.2) is 9.78 Å². The predicted octanol–water partition coefficient (Wildman–Crippen LogP) is 6.75. The van der Waals surface area contributed by atoms with Gasteiger partial charge in [0.1, 0.15) is 16.8 Å². The molecular weight excluding hydrogens is 519 g/mol. The Morgan fingerprint density at radius 2 is 1.43 bits per heavy atom. The first-order valence-electron chi connectivity index (χ1n) is 10.5. The maximum Gasteiger partial charge on any atom is 0.433 e. The van der Waals surface area contributed by atoms with Crippen LogP contribution in [0.15, 0.2) is 53.5 Å². The van der Waals surface area contributed by atoms with Gasteiger partial charge in [-0.3, -0.25) is 4.99 Å². The van der Waals surface area contributed by atoms with Gasteiger partial charge in [-0.15, -0.1) is 0 Å². The fraction of sp³-hybridized carbons (Fsp3) is 0.292. The summed E-state index contributed by atoms with van der Waals surface area (Å²) in [4.78, 5) is 18.6. The van der Waals surface area contributed by atoms with Crippen LogP contribution in [0.3, 0.4) is 0 Å². The Labute approximate surface area is 202 Å². The average Bonchev–Trinajstić information content (AvgIpc) is 3.28. The first-order chi connectivity index (χ1) is 17.1. The number of hydrogen-bond acceptors (Lipinski definition) is 4. The van der Waals surface area contributed by atoms with Gasteiger partial charge in [0.15, 0.2) is 0 Å². The van der Waals surface area contributed by atoms with E-state index in [1.165, 1.54) is 24.3 Å². The molecular formula is C24H15F9N2O2. The van der Waals surface area contributed by atoms with Crippen LogP contribution in [0.1, 0.15) is 39.3 Å². The lowest BCUT2D eigenvalue weighted by atomic mass is 9.76. The van der Waals surface area contributed by atoms with Gasteiger partial charge in [0.25, 0.3) is 0 Å². The molecule has 2 heterocycles. The van der Waals surface area contributed by atoms with Crippen LogP contribution in [0.2, 0.25) is 0 Å². The van der Waals surface area contributed by atoms with Crippen LogP contribution in [0.25, 0.3) is 10.8 Å². The summed E-state index contributed by atoms with van der Waals surface area (Å²) in [6, 6.07) is 8.73. The summed E-state index contributed by atoms with van der Waals surface area (Å²) < 4.78 is 128. The van der Waals surface area contributed by atoms with Gasteiger partial charge < -0.3 is 4.74 Å². The molecule has 1 unspecified atom stereocenters. The standard InChI is InChI=1S/C24H15F9N2O2/c1-37-20(36)16-7-6-15(13-4-2-3-5-14(13)16)17-10-21(11-34-17,24(31,32)33)12-8-18(22(25,26)27)35-19(9-12)23(28,29)30/h2-9H,10-11H2,1H3. The molecule has 13 heteroatoms. The van der Waals surface area contributed by atoms with Crippen molar-refractivity contribution in [2.24, 2.45) is 4.99 Å². The molecule has 0 N–H and O–H groups in total. The van der Waals surface area contributed by atoms with Gasteiger partial charge in [-0.1, -0.05) is 30.3 Å². The first kappa shape index (κ1) is 26.4. The molecule has 0 spiro atoms. The van der Waals surface area contributed by atoms with Gasteiger partial charge >= 0.3 is 24.5 Å². The number of aromatic nitrogens is 1. The Hall–Kier alpha value is -3.64.